The predicted octanol–water partition coefficient (Wildman–Crippen LogP) is 4.41. The summed E-state index contributed by atoms with van der Waals surface area (Å²) in [6.07, 6.45) is 0. The van der Waals surface area contributed by atoms with E-state index in [0.29, 0.717) is 18.8 Å². The lowest BCUT2D eigenvalue weighted by atomic mass is 10.1. The number of aryl methyl sites for hydroxylation is 3. The standard InChI is InChI=1S/C23H25ClN4O/c1-16-4-8-20(9-5-16)28-22(14-18(3)25-28)23(29)27-12-10-26(11-13-27)21-15-19(24)7-6-17(21)2/h4-9,14-15H,10-13H2,1-3H3. The lowest BCUT2D eigenvalue weighted by Gasteiger charge is -2.36. The monoisotopic (exact) mass is 408 g/mol. The summed E-state index contributed by atoms with van der Waals surface area (Å²) in [5, 5.41) is 5.29. The Labute approximate surface area is 176 Å². The quantitative estimate of drug-likeness (QED) is 0.644. The highest BCUT2D eigenvalue weighted by Gasteiger charge is 2.26. The van der Waals surface area contributed by atoms with Crippen molar-refractivity contribution in [2.24, 2.45) is 0 Å². The highest BCUT2D eigenvalue weighted by atomic mass is 35.5. The maximum atomic E-state index is 13.3. The largest absolute Gasteiger partial charge is 0.368 e. The van der Waals surface area contributed by atoms with Crippen LogP contribution in [-0.4, -0.2) is 46.8 Å². The Morgan fingerprint density at radius 2 is 1.62 bits per heavy atom. The van der Waals surface area contributed by atoms with E-state index in [1.165, 1.54) is 11.1 Å². The fraction of sp³-hybridized carbons (Fsp3) is 0.304. The molecule has 1 amide bonds. The molecule has 150 valence electrons. The molecule has 1 aliphatic rings. The van der Waals surface area contributed by atoms with Crippen LogP contribution >= 0.6 is 11.6 Å². The van der Waals surface area contributed by atoms with Crippen LogP contribution in [0.4, 0.5) is 5.69 Å². The van der Waals surface area contributed by atoms with E-state index in [1.807, 2.05) is 67.3 Å². The maximum absolute atomic E-state index is 13.3. The molecule has 1 aliphatic heterocycles. The van der Waals surface area contributed by atoms with Crippen molar-refractivity contribution < 1.29 is 4.79 Å². The molecular weight excluding hydrogens is 384 g/mol. The number of hydrogen-bond acceptors (Lipinski definition) is 3. The number of nitrogens with zero attached hydrogens (tertiary/aromatic N) is 4. The summed E-state index contributed by atoms with van der Waals surface area (Å²) >= 11 is 6.18. The summed E-state index contributed by atoms with van der Waals surface area (Å²) in [5.74, 6) is 0.0219. The average molecular weight is 409 g/mol. The number of aromatic nitrogens is 2. The number of benzene rings is 2. The van der Waals surface area contributed by atoms with Crippen molar-refractivity contribution in [3.8, 4) is 5.69 Å². The van der Waals surface area contributed by atoms with Gasteiger partial charge in [0.25, 0.3) is 5.91 Å². The van der Waals surface area contributed by atoms with Gasteiger partial charge in [-0.25, -0.2) is 4.68 Å². The predicted molar refractivity (Wildman–Crippen MR) is 117 cm³/mol. The molecular formula is C23H25ClN4O. The van der Waals surface area contributed by atoms with Gasteiger partial charge in [-0.3, -0.25) is 4.79 Å². The van der Waals surface area contributed by atoms with Gasteiger partial charge >= 0.3 is 0 Å². The van der Waals surface area contributed by atoms with E-state index >= 15 is 0 Å². The van der Waals surface area contributed by atoms with Gasteiger partial charge in [-0.05, 0) is 56.7 Å². The van der Waals surface area contributed by atoms with Crippen LogP contribution in [0, 0.1) is 20.8 Å². The minimum absolute atomic E-state index is 0.0219. The molecule has 4 rings (SSSR count). The van der Waals surface area contributed by atoms with E-state index in [9.17, 15) is 4.79 Å². The van der Waals surface area contributed by atoms with Crippen molar-refractivity contribution in [2.45, 2.75) is 20.8 Å². The zero-order chi connectivity index (χ0) is 20.5. The van der Waals surface area contributed by atoms with Gasteiger partial charge in [0.05, 0.1) is 11.4 Å². The molecule has 0 atom stereocenters. The second-order valence-electron chi connectivity index (χ2n) is 7.63. The van der Waals surface area contributed by atoms with Gasteiger partial charge in [0.1, 0.15) is 5.69 Å². The molecule has 0 N–H and O–H groups in total. The van der Waals surface area contributed by atoms with E-state index in [-0.39, 0.29) is 5.91 Å². The molecule has 2 heterocycles. The first-order valence-electron chi connectivity index (χ1n) is 9.86. The molecule has 1 saturated heterocycles. The molecule has 0 radical (unpaired) electrons. The van der Waals surface area contributed by atoms with Crippen molar-refractivity contribution in [1.29, 1.82) is 0 Å². The number of amides is 1. The van der Waals surface area contributed by atoms with Crippen LogP contribution in [0.1, 0.15) is 27.3 Å². The van der Waals surface area contributed by atoms with E-state index in [0.717, 1.165) is 35.2 Å². The fourth-order valence-corrected chi connectivity index (χ4v) is 3.94. The van der Waals surface area contributed by atoms with Crippen molar-refractivity contribution in [3.63, 3.8) is 0 Å². The summed E-state index contributed by atoms with van der Waals surface area (Å²) in [5.41, 5.74) is 5.87. The number of hydrogen-bond donors (Lipinski definition) is 0. The molecule has 29 heavy (non-hydrogen) atoms. The summed E-state index contributed by atoms with van der Waals surface area (Å²) < 4.78 is 1.75. The summed E-state index contributed by atoms with van der Waals surface area (Å²) in [7, 11) is 0. The molecule has 0 aliphatic carbocycles. The molecule has 5 nitrogen and oxygen atoms in total. The summed E-state index contributed by atoms with van der Waals surface area (Å²) in [6, 6.07) is 15.9. The van der Waals surface area contributed by atoms with E-state index < -0.39 is 0 Å². The topological polar surface area (TPSA) is 41.4 Å². The van der Waals surface area contributed by atoms with Gasteiger partial charge in [-0.1, -0.05) is 35.4 Å². The Kier molecular flexibility index (Phi) is 5.33. The average Bonchev–Trinajstić information content (AvgIpc) is 3.11. The number of halogens is 1. The van der Waals surface area contributed by atoms with Gasteiger partial charge in [-0.2, -0.15) is 5.10 Å². The van der Waals surface area contributed by atoms with Crippen LogP contribution in [0.5, 0.6) is 0 Å². The van der Waals surface area contributed by atoms with E-state index in [2.05, 4.69) is 16.9 Å². The van der Waals surface area contributed by atoms with Crippen LogP contribution < -0.4 is 4.90 Å². The third kappa shape index (κ3) is 4.01. The highest BCUT2D eigenvalue weighted by molar-refractivity contribution is 6.30. The van der Waals surface area contributed by atoms with Gasteiger partial charge in [0.15, 0.2) is 0 Å². The van der Waals surface area contributed by atoms with E-state index in [4.69, 9.17) is 11.6 Å². The molecule has 1 fully saturated rings. The number of piperazine rings is 1. The summed E-state index contributed by atoms with van der Waals surface area (Å²) in [4.78, 5) is 17.5. The lowest BCUT2D eigenvalue weighted by molar-refractivity contribution is 0.0737. The van der Waals surface area contributed by atoms with Gasteiger partial charge < -0.3 is 9.80 Å². The Morgan fingerprint density at radius 1 is 0.931 bits per heavy atom. The minimum Gasteiger partial charge on any atom is -0.368 e. The first-order chi connectivity index (χ1) is 13.9. The van der Waals surface area contributed by atoms with Crippen molar-refractivity contribution in [2.75, 3.05) is 31.1 Å². The first kappa shape index (κ1) is 19.5. The second-order valence-corrected chi connectivity index (χ2v) is 8.06. The third-order valence-corrected chi connectivity index (χ3v) is 5.64. The molecule has 0 unspecified atom stereocenters. The highest BCUT2D eigenvalue weighted by Crippen LogP contribution is 2.26. The molecule has 3 aromatic rings. The van der Waals surface area contributed by atoms with Crippen LogP contribution in [0.15, 0.2) is 48.5 Å². The molecule has 0 saturated carbocycles. The van der Waals surface area contributed by atoms with Crippen molar-refractivity contribution >= 4 is 23.2 Å². The zero-order valence-corrected chi connectivity index (χ0v) is 17.8. The van der Waals surface area contributed by atoms with Gasteiger partial charge in [0, 0.05) is 36.9 Å². The van der Waals surface area contributed by atoms with Gasteiger partial charge in [0.2, 0.25) is 0 Å². The SMILES string of the molecule is Cc1ccc(-n2nc(C)cc2C(=O)N2CCN(c3cc(Cl)ccc3C)CC2)cc1. The third-order valence-electron chi connectivity index (χ3n) is 5.41. The molecule has 0 spiro atoms. The Balaban J connectivity index is 1.52. The van der Waals surface area contributed by atoms with Gasteiger partial charge in [-0.15, -0.1) is 0 Å². The minimum atomic E-state index is 0.0219. The lowest BCUT2D eigenvalue weighted by Crippen LogP contribution is -2.49. The smallest absolute Gasteiger partial charge is 0.272 e. The number of anilines is 1. The Hall–Kier alpha value is -2.79. The second kappa shape index (κ2) is 7.91. The number of carbonyl (C=O) groups excluding carboxylic acids is 1. The number of carbonyl (C=O) groups is 1. The Morgan fingerprint density at radius 3 is 2.31 bits per heavy atom. The van der Waals surface area contributed by atoms with Crippen LogP contribution in [0.2, 0.25) is 5.02 Å². The summed E-state index contributed by atoms with van der Waals surface area (Å²) in [6.45, 7) is 8.96. The van der Waals surface area contributed by atoms with Crippen molar-refractivity contribution in [1.82, 2.24) is 14.7 Å². The van der Waals surface area contributed by atoms with Crippen LogP contribution in [0.25, 0.3) is 5.69 Å². The number of rotatable bonds is 3. The molecule has 6 heteroatoms. The normalized spacial score (nSPS) is 14.3. The van der Waals surface area contributed by atoms with Crippen LogP contribution in [-0.2, 0) is 0 Å². The Bertz CT molecular complexity index is 1030. The maximum Gasteiger partial charge on any atom is 0.272 e. The molecule has 1 aromatic heterocycles. The van der Waals surface area contributed by atoms with Crippen LogP contribution in [0.3, 0.4) is 0 Å². The van der Waals surface area contributed by atoms with E-state index in [1.54, 1.807) is 4.68 Å². The first-order valence-corrected chi connectivity index (χ1v) is 10.2. The zero-order valence-electron chi connectivity index (χ0n) is 17.0. The van der Waals surface area contributed by atoms with Crippen molar-refractivity contribution in [3.05, 3.63) is 76.1 Å². The molecule has 0 bridgehead atoms. The fourth-order valence-electron chi connectivity index (χ4n) is 3.77. The molecule has 2 aromatic carbocycles.